The van der Waals surface area contributed by atoms with Gasteiger partial charge in [-0.15, -0.1) is 11.3 Å². The van der Waals surface area contributed by atoms with Crippen molar-refractivity contribution in [3.05, 3.63) is 58.7 Å². The first-order chi connectivity index (χ1) is 9.38. The van der Waals surface area contributed by atoms with Gasteiger partial charge in [0.15, 0.2) is 0 Å². The summed E-state index contributed by atoms with van der Waals surface area (Å²) in [5.41, 5.74) is 5.34. The third-order valence-corrected chi connectivity index (χ3v) is 3.92. The van der Waals surface area contributed by atoms with Gasteiger partial charge in [0, 0.05) is 17.0 Å². The maximum Gasteiger partial charge on any atom is 0.0795 e. The highest BCUT2D eigenvalue weighted by Gasteiger charge is 2.13. The largest absolute Gasteiger partial charge is 0.311 e. The van der Waals surface area contributed by atoms with E-state index in [4.69, 9.17) is 0 Å². The van der Waals surface area contributed by atoms with Crippen molar-refractivity contribution < 1.29 is 0 Å². The summed E-state index contributed by atoms with van der Waals surface area (Å²) in [5, 5.41) is 6.67. The standard InChI is InChI=1S/C15H15N3S/c1-16-14(15-9-19-10-18-15)8-11-6-7-17-13-5-3-2-4-12(11)13/h2-7,9-10,14,16H,8H2,1H3. The summed E-state index contributed by atoms with van der Waals surface area (Å²) in [6.45, 7) is 0. The van der Waals surface area contributed by atoms with Gasteiger partial charge < -0.3 is 5.32 Å². The van der Waals surface area contributed by atoms with Crippen LogP contribution in [0, 0.1) is 0 Å². The molecule has 3 nitrogen and oxygen atoms in total. The van der Waals surface area contributed by atoms with Crippen molar-refractivity contribution in [2.24, 2.45) is 0 Å². The Morgan fingerprint density at radius 1 is 1.21 bits per heavy atom. The summed E-state index contributed by atoms with van der Waals surface area (Å²) in [5.74, 6) is 0. The Hall–Kier alpha value is -1.78. The van der Waals surface area contributed by atoms with Gasteiger partial charge in [0.1, 0.15) is 0 Å². The van der Waals surface area contributed by atoms with Crippen LogP contribution in [0.3, 0.4) is 0 Å². The van der Waals surface area contributed by atoms with E-state index in [1.807, 2.05) is 24.8 Å². The Bertz CT molecular complexity index is 659. The van der Waals surface area contributed by atoms with Gasteiger partial charge in [-0.25, -0.2) is 4.98 Å². The number of nitrogens with zero attached hydrogens (tertiary/aromatic N) is 2. The lowest BCUT2D eigenvalue weighted by atomic mass is 10.0. The fraction of sp³-hybridized carbons (Fsp3) is 0.200. The van der Waals surface area contributed by atoms with Crippen molar-refractivity contribution in [2.75, 3.05) is 7.05 Å². The van der Waals surface area contributed by atoms with E-state index < -0.39 is 0 Å². The van der Waals surface area contributed by atoms with E-state index in [0.717, 1.165) is 17.6 Å². The minimum absolute atomic E-state index is 0.247. The Labute approximate surface area is 116 Å². The van der Waals surface area contributed by atoms with Crippen LogP contribution >= 0.6 is 11.3 Å². The molecule has 0 saturated heterocycles. The molecule has 1 N–H and O–H groups in total. The van der Waals surface area contributed by atoms with E-state index in [2.05, 4.69) is 44.9 Å². The smallest absolute Gasteiger partial charge is 0.0795 e. The van der Waals surface area contributed by atoms with Crippen molar-refractivity contribution in [1.29, 1.82) is 0 Å². The van der Waals surface area contributed by atoms with Crippen LogP contribution < -0.4 is 5.32 Å². The van der Waals surface area contributed by atoms with Crippen LogP contribution in [0.4, 0.5) is 0 Å². The molecule has 4 heteroatoms. The second-order valence-electron chi connectivity index (χ2n) is 4.45. The maximum atomic E-state index is 4.40. The Morgan fingerprint density at radius 3 is 2.89 bits per heavy atom. The molecule has 0 amide bonds. The highest BCUT2D eigenvalue weighted by atomic mass is 32.1. The molecule has 0 aliphatic carbocycles. The molecule has 3 rings (SSSR count). The summed E-state index contributed by atoms with van der Waals surface area (Å²) >= 11 is 1.63. The van der Waals surface area contributed by atoms with Gasteiger partial charge in [-0.2, -0.15) is 0 Å². The van der Waals surface area contributed by atoms with Crippen molar-refractivity contribution in [3.8, 4) is 0 Å². The summed E-state index contributed by atoms with van der Waals surface area (Å²) in [4.78, 5) is 8.81. The molecule has 96 valence electrons. The number of para-hydroxylation sites is 1. The lowest BCUT2D eigenvalue weighted by Gasteiger charge is -2.15. The highest BCUT2D eigenvalue weighted by Crippen LogP contribution is 2.23. The van der Waals surface area contributed by atoms with Crippen LogP contribution in [0.25, 0.3) is 10.9 Å². The normalized spacial score (nSPS) is 12.7. The van der Waals surface area contributed by atoms with Gasteiger partial charge in [0.05, 0.1) is 22.8 Å². The summed E-state index contributed by atoms with van der Waals surface area (Å²) in [6, 6.07) is 10.6. The van der Waals surface area contributed by atoms with Crippen LogP contribution in [0.2, 0.25) is 0 Å². The molecule has 0 saturated carbocycles. The highest BCUT2D eigenvalue weighted by molar-refractivity contribution is 7.07. The van der Waals surface area contributed by atoms with E-state index in [1.165, 1.54) is 10.9 Å². The van der Waals surface area contributed by atoms with Crippen molar-refractivity contribution >= 4 is 22.2 Å². The van der Waals surface area contributed by atoms with Gasteiger partial charge in [0.2, 0.25) is 0 Å². The van der Waals surface area contributed by atoms with E-state index >= 15 is 0 Å². The molecule has 1 atom stereocenters. The number of thiazole rings is 1. The molecule has 2 heterocycles. The van der Waals surface area contributed by atoms with E-state index in [0.29, 0.717) is 0 Å². The Morgan fingerprint density at radius 2 is 2.11 bits per heavy atom. The number of nitrogens with one attached hydrogen (secondary N) is 1. The molecule has 0 aliphatic heterocycles. The molecule has 1 unspecified atom stereocenters. The number of benzene rings is 1. The van der Waals surface area contributed by atoms with Crippen LogP contribution in [0.5, 0.6) is 0 Å². The average molecular weight is 269 g/mol. The fourth-order valence-electron chi connectivity index (χ4n) is 2.30. The maximum absolute atomic E-state index is 4.40. The molecule has 0 aliphatic rings. The minimum atomic E-state index is 0.247. The first-order valence-electron chi connectivity index (χ1n) is 6.26. The quantitative estimate of drug-likeness (QED) is 0.790. The summed E-state index contributed by atoms with van der Waals surface area (Å²) < 4.78 is 0. The third kappa shape index (κ3) is 2.50. The second kappa shape index (κ2) is 5.47. The zero-order chi connectivity index (χ0) is 13.1. The predicted molar refractivity (Wildman–Crippen MR) is 79.4 cm³/mol. The molecule has 19 heavy (non-hydrogen) atoms. The molecular weight excluding hydrogens is 254 g/mol. The SMILES string of the molecule is CNC(Cc1ccnc2ccccc12)c1cscn1. The number of hydrogen-bond acceptors (Lipinski definition) is 4. The van der Waals surface area contributed by atoms with Crippen molar-refractivity contribution in [1.82, 2.24) is 15.3 Å². The molecule has 2 aromatic heterocycles. The Balaban J connectivity index is 1.96. The summed E-state index contributed by atoms with van der Waals surface area (Å²) in [6.07, 6.45) is 2.80. The Kier molecular flexibility index (Phi) is 3.53. The topological polar surface area (TPSA) is 37.8 Å². The number of fused-ring (bicyclic) bond motifs is 1. The molecular formula is C15H15N3S. The minimum Gasteiger partial charge on any atom is -0.311 e. The second-order valence-corrected chi connectivity index (χ2v) is 5.16. The van der Waals surface area contributed by atoms with Gasteiger partial charge in [0.25, 0.3) is 0 Å². The number of aromatic nitrogens is 2. The van der Waals surface area contributed by atoms with Gasteiger partial charge >= 0.3 is 0 Å². The fourth-order valence-corrected chi connectivity index (χ4v) is 2.91. The van der Waals surface area contributed by atoms with Gasteiger partial charge in [-0.1, -0.05) is 18.2 Å². The number of pyridine rings is 1. The molecule has 0 radical (unpaired) electrons. The summed E-state index contributed by atoms with van der Waals surface area (Å²) in [7, 11) is 1.98. The molecule has 1 aromatic carbocycles. The lowest BCUT2D eigenvalue weighted by Crippen LogP contribution is -2.19. The number of rotatable bonds is 4. The van der Waals surface area contributed by atoms with Crippen molar-refractivity contribution in [3.63, 3.8) is 0 Å². The molecule has 0 spiro atoms. The van der Waals surface area contributed by atoms with Crippen LogP contribution in [0.15, 0.2) is 47.4 Å². The van der Waals surface area contributed by atoms with E-state index in [-0.39, 0.29) is 6.04 Å². The van der Waals surface area contributed by atoms with Gasteiger partial charge in [-0.05, 0) is 31.2 Å². The number of hydrogen-bond donors (Lipinski definition) is 1. The average Bonchev–Trinajstić information content (AvgIpc) is 2.99. The van der Waals surface area contributed by atoms with Crippen LogP contribution in [-0.2, 0) is 6.42 Å². The molecule has 0 fully saturated rings. The van der Waals surface area contributed by atoms with E-state index in [1.54, 1.807) is 11.3 Å². The van der Waals surface area contributed by atoms with E-state index in [9.17, 15) is 0 Å². The number of likely N-dealkylation sites (N-methyl/N-ethyl adjacent to an activating group) is 1. The third-order valence-electron chi connectivity index (χ3n) is 3.32. The zero-order valence-corrected chi connectivity index (χ0v) is 11.5. The first kappa shape index (κ1) is 12.3. The van der Waals surface area contributed by atoms with Crippen LogP contribution in [-0.4, -0.2) is 17.0 Å². The monoisotopic (exact) mass is 269 g/mol. The van der Waals surface area contributed by atoms with Crippen molar-refractivity contribution in [2.45, 2.75) is 12.5 Å². The molecule has 3 aromatic rings. The predicted octanol–water partition coefficient (Wildman–Crippen LogP) is 3.19. The zero-order valence-electron chi connectivity index (χ0n) is 10.7. The van der Waals surface area contributed by atoms with Crippen LogP contribution in [0.1, 0.15) is 17.3 Å². The molecule has 0 bridgehead atoms. The first-order valence-corrected chi connectivity index (χ1v) is 7.21. The van der Waals surface area contributed by atoms with Gasteiger partial charge in [-0.3, -0.25) is 4.98 Å². The lowest BCUT2D eigenvalue weighted by molar-refractivity contribution is 0.581.